The van der Waals surface area contributed by atoms with Crippen molar-refractivity contribution in [2.45, 2.75) is 26.4 Å². The zero-order chi connectivity index (χ0) is 14.8. The third kappa shape index (κ3) is 2.97. The van der Waals surface area contributed by atoms with E-state index < -0.39 is 0 Å². The van der Waals surface area contributed by atoms with Crippen molar-refractivity contribution in [2.75, 3.05) is 0 Å². The number of hydrogen-bond acceptors (Lipinski definition) is 2. The third-order valence-corrected chi connectivity index (χ3v) is 3.80. The van der Waals surface area contributed by atoms with E-state index in [0.29, 0.717) is 11.1 Å². The van der Waals surface area contributed by atoms with Gasteiger partial charge in [-0.3, -0.25) is 0 Å². The number of furan rings is 1. The fourth-order valence-electron chi connectivity index (χ4n) is 2.39. The van der Waals surface area contributed by atoms with Crippen LogP contribution in [-0.2, 0) is 6.54 Å². The molecule has 0 radical (unpaired) electrons. The summed E-state index contributed by atoms with van der Waals surface area (Å²) in [6.07, 6.45) is 1.79. The van der Waals surface area contributed by atoms with Gasteiger partial charge in [-0.25, -0.2) is 0 Å². The first-order valence-corrected chi connectivity index (χ1v) is 7.51. The Labute approximate surface area is 129 Å². The van der Waals surface area contributed by atoms with Crippen molar-refractivity contribution in [1.29, 1.82) is 0 Å². The second-order valence-electron chi connectivity index (χ2n) is 5.50. The molecule has 0 amide bonds. The number of halogens is 1. The molecule has 0 saturated heterocycles. The Kier molecular flexibility index (Phi) is 4.00. The molecule has 0 unspecified atom stereocenters. The first-order chi connectivity index (χ1) is 10.1. The van der Waals surface area contributed by atoms with Gasteiger partial charge in [0.2, 0.25) is 0 Å². The smallest absolute Gasteiger partial charge is 0.152 e. The number of fused-ring (bicyclic) bond motifs is 1. The van der Waals surface area contributed by atoms with Crippen LogP contribution in [-0.4, -0.2) is 6.04 Å². The van der Waals surface area contributed by atoms with E-state index in [1.54, 1.807) is 6.26 Å². The number of nitrogens with one attached hydrogen (secondary N) is 1. The summed E-state index contributed by atoms with van der Waals surface area (Å²) in [5.74, 6) is 0. The van der Waals surface area contributed by atoms with E-state index in [1.807, 2.05) is 24.3 Å². The van der Waals surface area contributed by atoms with Crippen LogP contribution in [0.5, 0.6) is 0 Å². The van der Waals surface area contributed by atoms with Gasteiger partial charge in [-0.05, 0) is 23.3 Å². The minimum Gasteiger partial charge on any atom is -0.462 e. The van der Waals surface area contributed by atoms with Gasteiger partial charge in [-0.15, -0.1) is 0 Å². The lowest BCUT2D eigenvalue weighted by molar-refractivity contribution is 0.572. The van der Waals surface area contributed by atoms with Crippen LogP contribution in [0.25, 0.3) is 22.1 Å². The lowest BCUT2D eigenvalue weighted by atomic mass is 10.0. The first-order valence-electron chi connectivity index (χ1n) is 7.13. The molecule has 2 nitrogen and oxygen atoms in total. The van der Waals surface area contributed by atoms with E-state index in [0.717, 1.165) is 34.2 Å². The van der Waals surface area contributed by atoms with Crippen LogP contribution in [0.15, 0.2) is 53.1 Å². The highest BCUT2D eigenvalue weighted by molar-refractivity contribution is 6.35. The summed E-state index contributed by atoms with van der Waals surface area (Å²) in [7, 11) is 0. The van der Waals surface area contributed by atoms with Crippen molar-refractivity contribution in [3.63, 3.8) is 0 Å². The Bertz CT molecular complexity index is 747. The molecular formula is C18H18ClNO. The minimum atomic E-state index is 0.433. The molecule has 0 bridgehead atoms. The Balaban J connectivity index is 2.06. The normalized spacial score (nSPS) is 11.4. The van der Waals surface area contributed by atoms with E-state index in [2.05, 4.69) is 37.4 Å². The molecule has 3 heteroatoms. The second kappa shape index (κ2) is 5.92. The summed E-state index contributed by atoms with van der Waals surface area (Å²) in [4.78, 5) is 0. The molecule has 2 aromatic carbocycles. The molecule has 0 fully saturated rings. The van der Waals surface area contributed by atoms with E-state index in [4.69, 9.17) is 16.0 Å². The Morgan fingerprint density at radius 2 is 1.86 bits per heavy atom. The van der Waals surface area contributed by atoms with Crippen LogP contribution in [0, 0.1) is 0 Å². The number of benzene rings is 2. The van der Waals surface area contributed by atoms with Gasteiger partial charge in [0, 0.05) is 23.5 Å². The van der Waals surface area contributed by atoms with Gasteiger partial charge in [0.15, 0.2) is 5.58 Å². The van der Waals surface area contributed by atoms with Gasteiger partial charge in [0.25, 0.3) is 0 Å². The molecular weight excluding hydrogens is 282 g/mol. The van der Waals surface area contributed by atoms with Crippen molar-refractivity contribution >= 4 is 22.6 Å². The molecule has 0 aliphatic heterocycles. The maximum atomic E-state index is 6.37. The van der Waals surface area contributed by atoms with Gasteiger partial charge in [-0.1, -0.05) is 55.8 Å². The Morgan fingerprint density at radius 3 is 2.57 bits per heavy atom. The Hall–Kier alpha value is -1.77. The van der Waals surface area contributed by atoms with Crippen molar-refractivity contribution in [2.24, 2.45) is 0 Å². The van der Waals surface area contributed by atoms with Crippen molar-refractivity contribution in [1.82, 2.24) is 5.32 Å². The lowest BCUT2D eigenvalue weighted by Gasteiger charge is -2.07. The zero-order valence-electron chi connectivity index (χ0n) is 12.2. The van der Waals surface area contributed by atoms with Gasteiger partial charge in [0.1, 0.15) is 0 Å². The van der Waals surface area contributed by atoms with Crippen molar-refractivity contribution < 1.29 is 4.42 Å². The molecule has 0 aliphatic rings. The van der Waals surface area contributed by atoms with Crippen LogP contribution in [0.4, 0.5) is 0 Å². The molecule has 3 rings (SSSR count). The molecule has 0 spiro atoms. The highest BCUT2D eigenvalue weighted by atomic mass is 35.5. The molecule has 108 valence electrons. The van der Waals surface area contributed by atoms with E-state index in [-0.39, 0.29) is 0 Å². The summed E-state index contributed by atoms with van der Waals surface area (Å²) < 4.78 is 5.63. The van der Waals surface area contributed by atoms with E-state index >= 15 is 0 Å². The molecule has 21 heavy (non-hydrogen) atoms. The van der Waals surface area contributed by atoms with Crippen LogP contribution >= 0.6 is 11.6 Å². The SMILES string of the molecule is CC(C)NCc1coc2c(Cl)cc(-c3ccccc3)cc12. The summed E-state index contributed by atoms with van der Waals surface area (Å²) in [5.41, 5.74) is 4.17. The highest BCUT2D eigenvalue weighted by Gasteiger charge is 2.12. The van der Waals surface area contributed by atoms with E-state index in [1.165, 1.54) is 0 Å². The predicted molar refractivity (Wildman–Crippen MR) is 88.6 cm³/mol. The molecule has 1 N–H and O–H groups in total. The van der Waals surface area contributed by atoms with Crippen molar-refractivity contribution in [3.8, 4) is 11.1 Å². The third-order valence-electron chi connectivity index (χ3n) is 3.52. The summed E-state index contributed by atoms with van der Waals surface area (Å²) in [5, 5.41) is 5.15. The molecule has 0 saturated carbocycles. The molecule has 0 aliphatic carbocycles. The van der Waals surface area contributed by atoms with Gasteiger partial charge in [-0.2, -0.15) is 0 Å². The topological polar surface area (TPSA) is 25.2 Å². The standard InChI is InChI=1S/C18H18ClNO/c1-12(2)20-10-15-11-21-18-16(15)8-14(9-17(18)19)13-6-4-3-5-7-13/h3-9,11-12,20H,10H2,1-2H3. The van der Waals surface area contributed by atoms with Gasteiger partial charge >= 0.3 is 0 Å². The van der Waals surface area contributed by atoms with Crippen LogP contribution < -0.4 is 5.32 Å². The summed E-state index contributed by atoms with van der Waals surface area (Å²) in [6, 6.07) is 14.8. The average molecular weight is 300 g/mol. The maximum absolute atomic E-state index is 6.37. The quantitative estimate of drug-likeness (QED) is 0.711. The molecule has 1 aromatic heterocycles. The summed E-state index contributed by atoms with van der Waals surface area (Å²) >= 11 is 6.37. The zero-order valence-corrected chi connectivity index (χ0v) is 12.9. The summed E-state index contributed by atoms with van der Waals surface area (Å²) in [6.45, 7) is 5.04. The van der Waals surface area contributed by atoms with Crippen LogP contribution in [0.2, 0.25) is 5.02 Å². The largest absolute Gasteiger partial charge is 0.462 e. The molecule has 3 aromatic rings. The van der Waals surface area contributed by atoms with Gasteiger partial charge in [0.05, 0.1) is 11.3 Å². The first kappa shape index (κ1) is 14.2. The molecule has 0 atom stereocenters. The van der Waals surface area contributed by atoms with Crippen molar-refractivity contribution in [3.05, 3.63) is 59.3 Å². The average Bonchev–Trinajstić information content (AvgIpc) is 2.89. The predicted octanol–water partition coefficient (Wildman–Crippen LogP) is 5.25. The van der Waals surface area contributed by atoms with Crippen LogP contribution in [0.3, 0.4) is 0 Å². The number of hydrogen-bond donors (Lipinski definition) is 1. The highest BCUT2D eigenvalue weighted by Crippen LogP contribution is 2.33. The van der Waals surface area contributed by atoms with E-state index in [9.17, 15) is 0 Å². The fraction of sp³-hybridized carbons (Fsp3) is 0.222. The lowest BCUT2D eigenvalue weighted by Crippen LogP contribution is -2.21. The number of rotatable bonds is 4. The van der Waals surface area contributed by atoms with Gasteiger partial charge < -0.3 is 9.73 Å². The fourth-order valence-corrected chi connectivity index (χ4v) is 2.66. The van der Waals surface area contributed by atoms with Crippen LogP contribution in [0.1, 0.15) is 19.4 Å². The maximum Gasteiger partial charge on any atom is 0.152 e. The minimum absolute atomic E-state index is 0.433. The monoisotopic (exact) mass is 299 g/mol. The Morgan fingerprint density at radius 1 is 1.10 bits per heavy atom. The second-order valence-corrected chi connectivity index (χ2v) is 5.90. The molecule has 1 heterocycles.